The number of aromatic nitrogens is 2. The third-order valence-corrected chi connectivity index (χ3v) is 7.69. The zero-order valence-electron chi connectivity index (χ0n) is 18.8. The van der Waals surface area contributed by atoms with E-state index >= 15 is 0 Å². The number of nitrogens with one attached hydrogen (secondary N) is 1. The molecule has 1 heterocycles. The summed E-state index contributed by atoms with van der Waals surface area (Å²) in [6.45, 7) is 1.35. The molecule has 0 aliphatic heterocycles. The standard InChI is InChI=1S/C24H21FN4O4S2/c1-16-3-9-19(10-4-16)29(35(31,32)21-13-7-18(25)8-14-21)15-22(30)26-24-28-27-23(34-24)17-5-11-20(33-2)12-6-17/h3-14H,15H2,1-2H3,(H,26,28,30). The van der Waals surface area contributed by atoms with Crippen molar-refractivity contribution in [3.8, 4) is 16.3 Å². The molecule has 0 bridgehead atoms. The van der Waals surface area contributed by atoms with Crippen molar-refractivity contribution in [1.29, 1.82) is 0 Å². The minimum absolute atomic E-state index is 0.134. The van der Waals surface area contributed by atoms with E-state index in [0.717, 1.165) is 51.0 Å². The Morgan fingerprint density at radius 1 is 1.00 bits per heavy atom. The van der Waals surface area contributed by atoms with Gasteiger partial charge < -0.3 is 4.74 Å². The second kappa shape index (κ2) is 10.2. The first-order chi connectivity index (χ1) is 16.8. The van der Waals surface area contributed by atoms with E-state index in [1.165, 1.54) is 0 Å². The summed E-state index contributed by atoms with van der Waals surface area (Å²) in [6, 6.07) is 18.4. The molecule has 0 saturated carbocycles. The Bertz CT molecular complexity index is 1420. The number of halogens is 1. The van der Waals surface area contributed by atoms with Crippen LogP contribution >= 0.6 is 11.3 Å². The Hall–Kier alpha value is -3.83. The van der Waals surface area contributed by atoms with Gasteiger partial charge in [0.15, 0.2) is 0 Å². The predicted octanol–water partition coefficient (Wildman–Crippen LogP) is 4.50. The molecule has 1 aromatic heterocycles. The average molecular weight is 513 g/mol. The van der Waals surface area contributed by atoms with Crippen LogP contribution in [0.3, 0.4) is 0 Å². The summed E-state index contributed by atoms with van der Waals surface area (Å²) >= 11 is 1.15. The first-order valence-electron chi connectivity index (χ1n) is 10.4. The zero-order chi connectivity index (χ0) is 25.0. The third kappa shape index (κ3) is 5.64. The summed E-state index contributed by atoms with van der Waals surface area (Å²) in [7, 11) is -2.58. The van der Waals surface area contributed by atoms with E-state index in [-0.39, 0.29) is 10.0 Å². The predicted molar refractivity (Wildman–Crippen MR) is 133 cm³/mol. The van der Waals surface area contributed by atoms with Crippen molar-refractivity contribution in [2.45, 2.75) is 11.8 Å². The first-order valence-corrected chi connectivity index (χ1v) is 12.6. The molecule has 0 radical (unpaired) electrons. The number of sulfonamides is 1. The fourth-order valence-corrected chi connectivity index (χ4v) is 5.36. The van der Waals surface area contributed by atoms with Gasteiger partial charge in [0.2, 0.25) is 11.0 Å². The number of hydrogen-bond acceptors (Lipinski definition) is 7. The Labute approximate surface area is 206 Å². The van der Waals surface area contributed by atoms with Crippen LogP contribution in [0.25, 0.3) is 10.6 Å². The second-order valence-corrected chi connectivity index (χ2v) is 10.3. The average Bonchev–Trinajstić information content (AvgIpc) is 3.32. The molecular weight excluding hydrogens is 491 g/mol. The highest BCUT2D eigenvalue weighted by Gasteiger charge is 2.27. The molecule has 3 aromatic carbocycles. The van der Waals surface area contributed by atoms with E-state index in [1.54, 1.807) is 43.5 Å². The van der Waals surface area contributed by atoms with Crippen LogP contribution in [0.4, 0.5) is 15.2 Å². The molecule has 180 valence electrons. The Morgan fingerprint density at radius 2 is 1.66 bits per heavy atom. The number of methoxy groups -OCH3 is 1. The maximum atomic E-state index is 13.4. The normalized spacial score (nSPS) is 11.2. The van der Waals surface area contributed by atoms with E-state index in [0.29, 0.717) is 16.4 Å². The number of hydrogen-bond donors (Lipinski definition) is 1. The van der Waals surface area contributed by atoms with E-state index < -0.39 is 28.3 Å². The molecule has 0 aliphatic rings. The Morgan fingerprint density at radius 3 is 2.29 bits per heavy atom. The van der Waals surface area contributed by atoms with Crippen LogP contribution in [0.15, 0.2) is 77.7 Å². The number of amides is 1. The lowest BCUT2D eigenvalue weighted by Gasteiger charge is -2.24. The van der Waals surface area contributed by atoms with Crippen molar-refractivity contribution in [3.63, 3.8) is 0 Å². The maximum Gasteiger partial charge on any atom is 0.264 e. The molecule has 4 rings (SSSR count). The van der Waals surface area contributed by atoms with Gasteiger partial charge in [-0.15, -0.1) is 10.2 Å². The highest BCUT2D eigenvalue weighted by atomic mass is 32.2. The van der Waals surface area contributed by atoms with Crippen LogP contribution in [0, 0.1) is 12.7 Å². The molecular formula is C24H21FN4O4S2. The lowest BCUT2D eigenvalue weighted by Crippen LogP contribution is -2.38. The maximum absolute atomic E-state index is 13.4. The molecule has 0 unspecified atom stereocenters. The monoisotopic (exact) mass is 512 g/mol. The van der Waals surface area contributed by atoms with E-state index in [2.05, 4.69) is 15.5 Å². The van der Waals surface area contributed by atoms with E-state index in [9.17, 15) is 17.6 Å². The molecule has 4 aromatic rings. The lowest BCUT2D eigenvalue weighted by atomic mass is 10.2. The summed E-state index contributed by atoms with van der Waals surface area (Å²) in [5, 5.41) is 11.5. The summed E-state index contributed by atoms with van der Waals surface area (Å²) in [5.41, 5.74) is 2.02. The van der Waals surface area contributed by atoms with Gasteiger partial charge in [-0.05, 0) is 67.6 Å². The van der Waals surface area contributed by atoms with E-state index in [1.807, 2.05) is 19.1 Å². The Balaban J connectivity index is 1.56. The molecule has 0 atom stereocenters. The molecule has 0 spiro atoms. The summed E-state index contributed by atoms with van der Waals surface area (Å²) in [5.74, 6) is -0.466. The summed E-state index contributed by atoms with van der Waals surface area (Å²) in [4.78, 5) is 12.7. The van der Waals surface area contributed by atoms with Crippen molar-refractivity contribution >= 4 is 38.1 Å². The van der Waals surface area contributed by atoms with Crippen LogP contribution < -0.4 is 14.4 Å². The molecule has 11 heteroatoms. The van der Waals surface area contributed by atoms with Crippen molar-refractivity contribution in [1.82, 2.24) is 10.2 Å². The van der Waals surface area contributed by atoms with Gasteiger partial charge in [0.1, 0.15) is 23.1 Å². The number of nitrogens with zero attached hydrogens (tertiary/aromatic N) is 3. The number of aryl methyl sites for hydroxylation is 1. The number of anilines is 2. The largest absolute Gasteiger partial charge is 0.497 e. The minimum Gasteiger partial charge on any atom is -0.497 e. The highest BCUT2D eigenvalue weighted by Crippen LogP contribution is 2.28. The fraction of sp³-hybridized carbons (Fsp3) is 0.125. The molecule has 0 aliphatic carbocycles. The van der Waals surface area contributed by atoms with Gasteiger partial charge in [-0.25, -0.2) is 12.8 Å². The minimum atomic E-state index is -4.15. The quantitative estimate of drug-likeness (QED) is 0.373. The smallest absolute Gasteiger partial charge is 0.264 e. The highest BCUT2D eigenvalue weighted by molar-refractivity contribution is 7.92. The van der Waals surface area contributed by atoms with Gasteiger partial charge in [0.05, 0.1) is 17.7 Å². The fourth-order valence-electron chi connectivity index (χ4n) is 3.17. The first kappa shape index (κ1) is 24.3. The lowest BCUT2D eigenvalue weighted by molar-refractivity contribution is -0.114. The van der Waals surface area contributed by atoms with E-state index in [4.69, 9.17) is 4.74 Å². The van der Waals surface area contributed by atoms with Crippen molar-refractivity contribution < 1.29 is 22.3 Å². The number of rotatable bonds is 8. The summed E-state index contributed by atoms with van der Waals surface area (Å²) < 4.78 is 46.2. The van der Waals surface area contributed by atoms with Gasteiger partial charge in [-0.1, -0.05) is 29.0 Å². The molecule has 1 amide bonds. The van der Waals surface area contributed by atoms with Crippen molar-refractivity contribution in [2.75, 3.05) is 23.3 Å². The number of benzene rings is 3. The SMILES string of the molecule is COc1ccc(-c2nnc(NC(=O)CN(c3ccc(C)cc3)S(=O)(=O)c3ccc(F)cc3)s2)cc1. The number of carbonyl (C=O) groups excluding carboxylic acids is 1. The van der Waals surface area contributed by atoms with Crippen LogP contribution in [-0.2, 0) is 14.8 Å². The zero-order valence-corrected chi connectivity index (χ0v) is 20.4. The van der Waals surface area contributed by atoms with Crippen LogP contribution in [0.5, 0.6) is 5.75 Å². The number of carbonyl (C=O) groups is 1. The molecule has 0 fully saturated rings. The van der Waals surface area contributed by atoms with Crippen molar-refractivity contribution in [2.24, 2.45) is 0 Å². The van der Waals surface area contributed by atoms with Crippen molar-refractivity contribution in [3.05, 3.63) is 84.2 Å². The van der Waals surface area contributed by atoms with Crippen LogP contribution in [-0.4, -0.2) is 38.2 Å². The van der Waals surface area contributed by atoms with Gasteiger partial charge in [0.25, 0.3) is 10.0 Å². The van der Waals surface area contributed by atoms with Crippen LogP contribution in [0.1, 0.15) is 5.56 Å². The van der Waals surface area contributed by atoms with Gasteiger partial charge in [-0.2, -0.15) is 0 Å². The third-order valence-electron chi connectivity index (χ3n) is 5.02. The van der Waals surface area contributed by atoms with Crippen LogP contribution in [0.2, 0.25) is 0 Å². The Kier molecular flexibility index (Phi) is 7.08. The molecule has 0 saturated heterocycles. The van der Waals surface area contributed by atoms with Gasteiger partial charge in [0, 0.05) is 5.56 Å². The molecule has 35 heavy (non-hydrogen) atoms. The number of ether oxygens (including phenoxy) is 1. The molecule has 1 N–H and O–H groups in total. The topological polar surface area (TPSA) is 101 Å². The van der Waals surface area contributed by atoms with Gasteiger partial charge >= 0.3 is 0 Å². The summed E-state index contributed by atoms with van der Waals surface area (Å²) in [6.07, 6.45) is 0. The molecule has 8 nitrogen and oxygen atoms in total. The van der Waals surface area contributed by atoms with Gasteiger partial charge in [-0.3, -0.25) is 14.4 Å². The second-order valence-electron chi connectivity index (χ2n) is 7.49.